The lowest BCUT2D eigenvalue weighted by atomic mass is 10.1. The van der Waals surface area contributed by atoms with E-state index >= 15 is 0 Å². The molecule has 31 heavy (non-hydrogen) atoms. The molecule has 3 heterocycles. The Morgan fingerprint density at radius 2 is 1.90 bits per heavy atom. The smallest absolute Gasteiger partial charge is 0.223 e. The van der Waals surface area contributed by atoms with Crippen LogP contribution in [0.1, 0.15) is 13.3 Å². The molecule has 0 atom stereocenters. The van der Waals surface area contributed by atoms with Crippen molar-refractivity contribution in [1.82, 2.24) is 24.9 Å². The molecule has 0 saturated carbocycles. The number of benzene rings is 1. The van der Waals surface area contributed by atoms with E-state index in [1.807, 2.05) is 0 Å². The molecule has 8 nitrogen and oxygen atoms in total. The van der Waals surface area contributed by atoms with Crippen molar-refractivity contribution in [2.45, 2.75) is 13.3 Å². The fourth-order valence-electron chi connectivity index (χ4n) is 3.08. The summed E-state index contributed by atoms with van der Waals surface area (Å²) < 4.78 is 18.7. The van der Waals surface area contributed by atoms with E-state index in [0.717, 1.165) is 18.5 Å². The lowest BCUT2D eigenvalue weighted by molar-refractivity contribution is 0.415. The topological polar surface area (TPSA) is 115 Å². The number of hydrogen-bond donors (Lipinski definition) is 3. The second-order valence-corrected chi connectivity index (χ2v) is 6.82. The third kappa shape index (κ3) is 4.30. The molecule has 0 amide bonds. The summed E-state index contributed by atoms with van der Waals surface area (Å²) in [7, 11) is 1.53. The number of nitrogens with two attached hydrogens (primary N) is 1. The minimum absolute atomic E-state index is 0.287. The lowest BCUT2D eigenvalue weighted by Gasteiger charge is -2.08. The number of nitrogens with one attached hydrogen (secondary N) is 2. The number of rotatable bonds is 7. The largest absolute Gasteiger partial charge is 0.493 e. The maximum atomic E-state index is 13.4. The predicted molar refractivity (Wildman–Crippen MR) is 118 cm³/mol. The second kappa shape index (κ2) is 8.78. The molecule has 0 unspecified atom stereocenters. The molecule has 1 aromatic carbocycles. The van der Waals surface area contributed by atoms with Gasteiger partial charge in [-0.3, -0.25) is 0 Å². The molecule has 0 bridgehead atoms. The van der Waals surface area contributed by atoms with Crippen molar-refractivity contribution < 1.29 is 9.13 Å². The van der Waals surface area contributed by atoms with Gasteiger partial charge in [-0.1, -0.05) is 6.92 Å². The Morgan fingerprint density at radius 1 is 1.10 bits per heavy atom. The third-order valence-corrected chi connectivity index (χ3v) is 4.64. The highest BCUT2D eigenvalue weighted by molar-refractivity contribution is 5.80. The first-order valence-electron chi connectivity index (χ1n) is 9.82. The molecule has 9 heteroatoms. The van der Waals surface area contributed by atoms with E-state index in [9.17, 15) is 4.39 Å². The molecule has 0 aliphatic carbocycles. The van der Waals surface area contributed by atoms with E-state index < -0.39 is 0 Å². The van der Waals surface area contributed by atoms with Crippen molar-refractivity contribution >= 4 is 11.8 Å². The Balaban J connectivity index is 1.86. The van der Waals surface area contributed by atoms with Crippen LogP contribution in [0.3, 0.4) is 0 Å². The van der Waals surface area contributed by atoms with Gasteiger partial charge in [-0.2, -0.15) is 0 Å². The van der Waals surface area contributed by atoms with E-state index in [1.54, 1.807) is 36.7 Å². The number of nitrogens with zero attached hydrogens (tertiary/aromatic N) is 4. The number of ether oxygens (including phenoxy) is 1. The molecule has 0 aliphatic rings. The summed E-state index contributed by atoms with van der Waals surface area (Å²) in [5, 5.41) is 3.19. The summed E-state index contributed by atoms with van der Waals surface area (Å²) in [5.41, 5.74) is 9.26. The van der Waals surface area contributed by atoms with Crippen molar-refractivity contribution in [3.8, 4) is 39.8 Å². The molecular weight excluding hydrogens is 397 g/mol. The van der Waals surface area contributed by atoms with Gasteiger partial charge in [0.1, 0.15) is 17.3 Å². The minimum atomic E-state index is -0.314. The second-order valence-electron chi connectivity index (χ2n) is 6.82. The highest BCUT2D eigenvalue weighted by atomic mass is 19.1. The molecule has 4 aromatic rings. The highest BCUT2D eigenvalue weighted by Crippen LogP contribution is 2.34. The average Bonchev–Trinajstić information content (AvgIpc) is 3.24. The molecule has 0 saturated heterocycles. The fraction of sp³-hybridized carbons (Fsp3) is 0.182. The van der Waals surface area contributed by atoms with Crippen molar-refractivity contribution in [2.24, 2.45) is 0 Å². The Labute approximate surface area is 178 Å². The molecule has 158 valence electrons. The zero-order chi connectivity index (χ0) is 21.8. The monoisotopic (exact) mass is 419 g/mol. The van der Waals surface area contributed by atoms with Crippen LogP contribution in [-0.2, 0) is 0 Å². The normalized spacial score (nSPS) is 10.8. The number of methoxy groups -OCH3 is 1. The Hall–Kier alpha value is -4.01. The highest BCUT2D eigenvalue weighted by Gasteiger charge is 2.18. The summed E-state index contributed by atoms with van der Waals surface area (Å²) in [6, 6.07) is 9.68. The number of halogens is 1. The number of anilines is 2. The van der Waals surface area contributed by atoms with Crippen molar-refractivity contribution in [3.05, 3.63) is 54.6 Å². The van der Waals surface area contributed by atoms with Gasteiger partial charge in [0, 0.05) is 30.1 Å². The zero-order valence-electron chi connectivity index (χ0n) is 17.2. The summed E-state index contributed by atoms with van der Waals surface area (Å²) >= 11 is 0. The van der Waals surface area contributed by atoms with Gasteiger partial charge in [-0.25, -0.2) is 24.3 Å². The van der Waals surface area contributed by atoms with Crippen LogP contribution in [-0.4, -0.2) is 38.6 Å². The summed E-state index contributed by atoms with van der Waals surface area (Å²) in [6.45, 7) is 2.83. The number of H-pyrrole nitrogens is 1. The Kier molecular flexibility index (Phi) is 5.74. The van der Waals surface area contributed by atoms with E-state index in [4.69, 9.17) is 15.5 Å². The quantitative estimate of drug-likeness (QED) is 0.412. The van der Waals surface area contributed by atoms with Crippen LogP contribution in [0.25, 0.3) is 34.0 Å². The molecule has 0 aliphatic heterocycles. The van der Waals surface area contributed by atoms with Gasteiger partial charge in [-0.05, 0) is 42.8 Å². The Morgan fingerprint density at radius 3 is 2.65 bits per heavy atom. The number of nitrogen functional groups attached to an aromatic ring is 1. The molecule has 4 N–H and O–H groups in total. The van der Waals surface area contributed by atoms with Gasteiger partial charge in [0.2, 0.25) is 5.95 Å². The molecule has 0 radical (unpaired) electrons. The van der Waals surface area contributed by atoms with E-state index in [0.29, 0.717) is 40.2 Å². The molecule has 3 aromatic heterocycles. The molecule has 0 spiro atoms. The van der Waals surface area contributed by atoms with Crippen LogP contribution < -0.4 is 15.8 Å². The van der Waals surface area contributed by atoms with Gasteiger partial charge in [0.25, 0.3) is 0 Å². The summed E-state index contributed by atoms with van der Waals surface area (Å²) in [4.78, 5) is 21.2. The van der Waals surface area contributed by atoms with Crippen LogP contribution in [0.2, 0.25) is 0 Å². The van der Waals surface area contributed by atoms with Gasteiger partial charge in [0.15, 0.2) is 11.6 Å². The first-order valence-corrected chi connectivity index (χ1v) is 9.82. The molecule has 0 fully saturated rings. The number of pyridine rings is 1. The molecule has 4 rings (SSSR count). The predicted octanol–water partition coefficient (Wildman–Crippen LogP) is 4.15. The van der Waals surface area contributed by atoms with Gasteiger partial charge < -0.3 is 20.8 Å². The zero-order valence-corrected chi connectivity index (χ0v) is 17.2. The number of imidazole rings is 1. The molecular formula is C22H22FN7O. The van der Waals surface area contributed by atoms with Crippen LogP contribution in [0.15, 0.2) is 48.8 Å². The van der Waals surface area contributed by atoms with Crippen molar-refractivity contribution in [1.29, 1.82) is 0 Å². The number of aromatic nitrogens is 5. The Bertz CT molecular complexity index is 1190. The first kappa shape index (κ1) is 20.3. The SMILES string of the molecule is CCCNc1nccc(-c2[nH]c(-c3ccc(F)cc3)nc2-c2cnc(N)c(OC)c2)n1. The van der Waals surface area contributed by atoms with Crippen LogP contribution in [0.5, 0.6) is 5.75 Å². The van der Waals surface area contributed by atoms with Gasteiger partial charge >= 0.3 is 0 Å². The van der Waals surface area contributed by atoms with Crippen molar-refractivity contribution in [2.75, 3.05) is 24.7 Å². The van der Waals surface area contributed by atoms with Gasteiger partial charge in [-0.15, -0.1) is 0 Å². The maximum Gasteiger partial charge on any atom is 0.223 e. The number of hydrogen-bond acceptors (Lipinski definition) is 7. The lowest BCUT2D eigenvalue weighted by Crippen LogP contribution is -2.04. The summed E-state index contributed by atoms with van der Waals surface area (Å²) in [5.74, 6) is 1.52. The standard InChI is InChI=1S/C22H22FN7O/c1-3-9-25-22-26-10-8-16(28-22)19-18(14-11-17(31-2)20(24)27-12-14)29-21(30-19)13-4-6-15(23)7-5-13/h4-8,10-12H,3,9H2,1-2H3,(H2,24,27)(H,29,30)(H,25,26,28). The van der Waals surface area contributed by atoms with E-state index in [-0.39, 0.29) is 11.6 Å². The van der Waals surface area contributed by atoms with E-state index in [2.05, 4.69) is 32.2 Å². The number of aromatic amines is 1. The summed E-state index contributed by atoms with van der Waals surface area (Å²) in [6.07, 6.45) is 4.27. The van der Waals surface area contributed by atoms with Crippen molar-refractivity contribution in [3.63, 3.8) is 0 Å². The van der Waals surface area contributed by atoms with E-state index in [1.165, 1.54) is 19.2 Å². The van der Waals surface area contributed by atoms with Gasteiger partial charge in [0.05, 0.1) is 18.5 Å². The van der Waals surface area contributed by atoms with Crippen LogP contribution >= 0.6 is 0 Å². The third-order valence-electron chi connectivity index (χ3n) is 4.64. The minimum Gasteiger partial charge on any atom is -0.493 e. The average molecular weight is 419 g/mol. The fourth-order valence-corrected chi connectivity index (χ4v) is 3.08. The maximum absolute atomic E-state index is 13.4. The first-order chi connectivity index (χ1) is 15.1. The van der Waals surface area contributed by atoms with Crippen LogP contribution in [0.4, 0.5) is 16.2 Å². The van der Waals surface area contributed by atoms with Crippen LogP contribution in [0, 0.1) is 5.82 Å².